The highest BCUT2D eigenvalue weighted by Gasteiger charge is 2.35. The molecule has 5 nitrogen and oxygen atoms in total. The van der Waals surface area contributed by atoms with Crippen LogP contribution in [0, 0.1) is 11.3 Å². The van der Waals surface area contributed by atoms with E-state index in [1.807, 2.05) is 30.3 Å². The first kappa shape index (κ1) is 20.5. The second kappa shape index (κ2) is 9.21. The van der Waals surface area contributed by atoms with E-state index < -0.39 is 5.41 Å². The maximum atomic E-state index is 12.5. The average Bonchev–Trinajstić information content (AvgIpc) is 2.63. The highest BCUT2D eigenvalue weighted by atomic mass is 16.5. The number of carbonyl (C=O) groups excluding carboxylic acids is 2. The molecule has 0 atom stereocenters. The summed E-state index contributed by atoms with van der Waals surface area (Å²) in [6, 6.07) is 16.5. The van der Waals surface area contributed by atoms with Crippen LogP contribution < -0.4 is 15.4 Å². The Balaban J connectivity index is 1.93. The molecule has 0 aliphatic carbocycles. The van der Waals surface area contributed by atoms with E-state index in [2.05, 4.69) is 24.5 Å². The van der Waals surface area contributed by atoms with Gasteiger partial charge in [-0.2, -0.15) is 0 Å². The van der Waals surface area contributed by atoms with Crippen LogP contribution in [0.4, 0.5) is 5.69 Å². The third-order valence-electron chi connectivity index (χ3n) is 4.23. The Bertz CT molecular complexity index is 753. The van der Waals surface area contributed by atoms with E-state index in [9.17, 15) is 9.59 Å². The van der Waals surface area contributed by atoms with Crippen LogP contribution in [0.2, 0.25) is 0 Å². The molecule has 0 bridgehead atoms. The first-order valence-electron chi connectivity index (χ1n) is 9.22. The fourth-order valence-corrected chi connectivity index (χ4v) is 2.32. The Morgan fingerprint density at radius 3 is 2.11 bits per heavy atom. The van der Waals surface area contributed by atoms with Gasteiger partial charge in [0.05, 0.1) is 0 Å². The lowest BCUT2D eigenvalue weighted by molar-refractivity contribution is -0.138. The molecule has 5 heteroatoms. The van der Waals surface area contributed by atoms with Crippen LogP contribution in [-0.4, -0.2) is 18.4 Å². The summed E-state index contributed by atoms with van der Waals surface area (Å²) in [5.41, 5.74) is -0.542. The van der Waals surface area contributed by atoms with Crippen molar-refractivity contribution in [3.05, 3.63) is 54.6 Å². The first-order chi connectivity index (χ1) is 12.8. The molecule has 0 saturated heterocycles. The normalized spacial score (nSPS) is 11.1. The maximum absolute atomic E-state index is 12.5. The van der Waals surface area contributed by atoms with Crippen molar-refractivity contribution in [1.29, 1.82) is 0 Å². The summed E-state index contributed by atoms with van der Waals surface area (Å²) in [6.07, 6.45) is 0.881. The lowest BCUT2D eigenvalue weighted by atomic mass is 9.90. The molecule has 0 radical (unpaired) electrons. The van der Waals surface area contributed by atoms with E-state index >= 15 is 0 Å². The number of hydrogen-bond acceptors (Lipinski definition) is 3. The molecule has 0 aromatic heterocycles. The van der Waals surface area contributed by atoms with Gasteiger partial charge in [-0.15, -0.1) is 0 Å². The molecule has 2 aromatic carbocycles. The summed E-state index contributed by atoms with van der Waals surface area (Å²) < 4.78 is 5.73. The molecule has 2 N–H and O–H groups in total. The monoisotopic (exact) mass is 368 g/mol. The summed E-state index contributed by atoms with van der Waals surface area (Å²) in [5, 5.41) is 5.64. The van der Waals surface area contributed by atoms with E-state index in [0.717, 1.165) is 12.2 Å². The predicted molar refractivity (Wildman–Crippen MR) is 108 cm³/mol. The lowest BCUT2D eigenvalue weighted by Gasteiger charge is -2.23. The zero-order valence-electron chi connectivity index (χ0n) is 16.4. The number of anilines is 1. The number of rotatable bonds is 8. The number of carbonyl (C=O) groups is 2. The largest absolute Gasteiger partial charge is 0.457 e. The van der Waals surface area contributed by atoms with Crippen molar-refractivity contribution in [2.45, 2.75) is 34.1 Å². The van der Waals surface area contributed by atoms with Gasteiger partial charge < -0.3 is 15.4 Å². The van der Waals surface area contributed by atoms with E-state index in [4.69, 9.17) is 4.74 Å². The van der Waals surface area contributed by atoms with Crippen molar-refractivity contribution in [3.8, 4) is 11.5 Å². The summed E-state index contributed by atoms with van der Waals surface area (Å²) in [5.74, 6) is 1.29. The van der Waals surface area contributed by atoms with Gasteiger partial charge in [0.25, 0.3) is 0 Å². The van der Waals surface area contributed by atoms with Gasteiger partial charge in [-0.05, 0) is 62.6 Å². The summed E-state index contributed by atoms with van der Waals surface area (Å²) in [7, 11) is 0. The SMILES string of the molecule is CC(C)CCNC(=O)C(C)(C)C(=O)Nc1ccc(Oc2ccccc2)cc1. The van der Waals surface area contributed by atoms with Crippen LogP contribution in [-0.2, 0) is 9.59 Å². The Hall–Kier alpha value is -2.82. The number of hydrogen-bond donors (Lipinski definition) is 2. The zero-order chi connectivity index (χ0) is 19.9. The van der Waals surface area contributed by atoms with Gasteiger partial charge in [-0.3, -0.25) is 9.59 Å². The van der Waals surface area contributed by atoms with Crippen molar-refractivity contribution < 1.29 is 14.3 Å². The molecule has 2 rings (SSSR count). The predicted octanol–water partition coefficient (Wildman–Crippen LogP) is 4.61. The highest BCUT2D eigenvalue weighted by Crippen LogP contribution is 2.24. The molecule has 144 valence electrons. The highest BCUT2D eigenvalue weighted by molar-refractivity contribution is 6.09. The van der Waals surface area contributed by atoms with Crippen LogP contribution in [0.3, 0.4) is 0 Å². The van der Waals surface area contributed by atoms with Crippen LogP contribution in [0.1, 0.15) is 34.1 Å². The lowest BCUT2D eigenvalue weighted by Crippen LogP contribution is -2.45. The number of nitrogens with one attached hydrogen (secondary N) is 2. The molecule has 2 aromatic rings. The van der Waals surface area contributed by atoms with Gasteiger partial charge >= 0.3 is 0 Å². The Morgan fingerprint density at radius 2 is 1.52 bits per heavy atom. The molecule has 0 unspecified atom stereocenters. The third-order valence-corrected chi connectivity index (χ3v) is 4.23. The van der Waals surface area contributed by atoms with E-state index in [1.165, 1.54) is 0 Å². The van der Waals surface area contributed by atoms with Gasteiger partial charge in [-0.1, -0.05) is 32.0 Å². The minimum Gasteiger partial charge on any atom is -0.457 e. The fraction of sp³-hybridized carbons (Fsp3) is 0.364. The summed E-state index contributed by atoms with van der Waals surface area (Å²) >= 11 is 0. The number of para-hydroxylation sites is 1. The van der Waals surface area contributed by atoms with Gasteiger partial charge in [0.2, 0.25) is 11.8 Å². The zero-order valence-corrected chi connectivity index (χ0v) is 16.4. The average molecular weight is 368 g/mol. The van der Waals surface area contributed by atoms with Crippen LogP contribution in [0.5, 0.6) is 11.5 Å². The fourth-order valence-electron chi connectivity index (χ4n) is 2.32. The quantitative estimate of drug-likeness (QED) is 0.669. The Labute approximate surface area is 161 Å². The van der Waals surface area contributed by atoms with E-state index in [1.54, 1.807) is 38.1 Å². The van der Waals surface area contributed by atoms with Crippen molar-refractivity contribution in [2.24, 2.45) is 11.3 Å². The van der Waals surface area contributed by atoms with E-state index in [-0.39, 0.29) is 11.8 Å². The molecule has 0 aliphatic rings. The smallest absolute Gasteiger partial charge is 0.239 e. The Kier molecular flexibility index (Phi) is 6.99. The van der Waals surface area contributed by atoms with Crippen molar-refractivity contribution in [1.82, 2.24) is 5.32 Å². The van der Waals surface area contributed by atoms with Crippen molar-refractivity contribution in [3.63, 3.8) is 0 Å². The second-order valence-corrected chi connectivity index (χ2v) is 7.46. The Morgan fingerprint density at radius 1 is 0.926 bits per heavy atom. The molecule has 0 saturated carbocycles. The molecule has 0 aliphatic heterocycles. The molecule has 2 amide bonds. The third kappa shape index (κ3) is 6.13. The molecule has 0 spiro atoms. The molecule has 27 heavy (non-hydrogen) atoms. The standard InChI is InChI=1S/C22H28N2O3/c1-16(2)14-15-23-20(25)22(3,4)21(26)24-17-10-12-19(13-11-17)27-18-8-6-5-7-9-18/h5-13,16H,14-15H2,1-4H3,(H,23,25)(H,24,26). The minimum atomic E-state index is -1.16. The van der Waals surface area contributed by atoms with Crippen LogP contribution in [0.25, 0.3) is 0 Å². The molecular formula is C22H28N2O3. The van der Waals surface area contributed by atoms with Gasteiger partial charge in [0, 0.05) is 12.2 Å². The summed E-state index contributed by atoms with van der Waals surface area (Å²) in [6.45, 7) is 8.00. The summed E-state index contributed by atoms with van der Waals surface area (Å²) in [4.78, 5) is 24.9. The van der Waals surface area contributed by atoms with Gasteiger partial charge in [0.1, 0.15) is 16.9 Å². The topological polar surface area (TPSA) is 67.4 Å². The number of amides is 2. The molecule has 0 fully saturated rings. The van der Waals surface area contributed by atoms with E-state index in [0.29, 0.717) is 23.9 Å². The molecule has 0 heterocycles. The second-order valence-electron chi connectivity index (χ2n) is 7.46. The number of benzene rings is 2. The van der Waals surface area contributed by atoms with Crippen molar-refractivity contribution >= 4 is 17.5 Å². The van der Waals surface area contributed by atoms with Gasteiger partial charge in [0.15, 0.2) is 0 Å². The minimum absolute atomic E-state index is 0.273. The van der Waals surface area contributed by atoms with Gasteiger partial charge in [-0.25, -0.2) is 0 Å². The molecular weight excluding hydrogens is 340 g/mol. The van der Waals surface area contributed by atoms with Crippen LogP contribution in [0.15, 0.2) is 54.6 Å². The van der Waals surface area contributed by atoms with Crippen molar-refractivity contribution in [2.75, 3.05) is 11.9 Å². The maximum Gasteiger partial charge on any atom is 0.239 e. The van der Waals surface area contributed by atoms with Crippen LogP contribution >= 0.6 is 0 Å². The number of ether oxygens (including phenoxy) is 1. The first-order valence-corrected chi connectivity index (χ1v) is 9.22.